The Labute approximate surface area is 105 Å². The SMILES string of the molecule is CC1CN(c2nc3ccc(F)cc3[nH]2)C(C)CN1. The molecule has 0 radical (unpaired) electrons. The molecule has 2 unspecified atom stereocenters. The highest BCUT2D eigenvalue weighted by Crippen LogP contribution is 2.21. The third-order valence-electron chi connectivity index (χ3n) is 3.47. The van der Waals surface area contributed by atoms with Gasteiger partial charge >= 0.3 is 0 Å². The largest absolute Gasteiger partial charge is 0.337 e. The summed E-state index contributed by atoms with van der Waals surface area (Å²) in [6.07, 6.45) is 0. The van der Waals surface area contributed by atoms with Gasteiger partial charge in [0, 0.05) is 25.2 Å². The fourth-order valence-electron chi connectivity index (χ4n) is 2.42. The van der Waals surface area contributed by atoms with E-state index in [1.807, 2.05) is 0 Å². The van der Waals surface area contributed by atoms with Crippen LogP contribution in [0.4, 0.5) is 10.3 Å². The normalized spacial score (nSPS) is 24.7. The molecule has 1 aliphatic heterocycles. The topological polar surface area (TPSA) is 44.0 Å². The number of fused-ring (bicyclic) bond motifs is 1. The van der Waals surface area contributed by atoms with Crippen LogP contribution in [0.3, 0.4) is 0 Å². The fourth-order valence-corrected chi connectivity index (χ4v) is 2.42. The molecule has 2 aromatic rings. The number of nitrogens with zero attached hydrogens (tertiary/aromatic N) is 2. The lowest BCUT2D eigenvalue weighted by atomic mass is 10.1. The lowest BCUT2D eigenvalue weighted by molar-refractivity contribution is 0.421. The summed E-state index contributed by atoms with van der Waals surface area (Å²) in [4.78, 5) is 9.98. The quantitative estimate of drug-likeness (QED) is 0.810. The van der Waals surface area contributed by atoms with Gasteiger partial charge in [-0.1, -0.05) is 0 Å². The highest BCUT2D eigenvalue weighted by Gasteiger charge is 2.24. The lowest BCUT2D eigenvalue weighted by Gasteiger charge is -2.37. The number of aromatic amines is 1. The average molecular weight is 248 g/mol. The van der Waals surface area contributed by atoms with Crippen LogP contribution in [0.2, 0.25) is 0 Å². The number of aromatic nitrogens is 2. The van der Waals surface area contributed by atoms with Crippen molar-refractivity contribution in [2.24, 2.45) is 0 Å². The van der Waals surface area contributed by atoms with Crippen molar-refractivity contribution < 1.29 is 4.39 Å². The zero-order chi connectivity index (χ0) is 12.7. The van der Waals surface area contributed by atoms with Crippen LogP contribution < -0.4 is 10.2 Å². The summed E-state index contributed by atoms with van der Waals surface area (Å²) in [5, 5.41) is 3.43. The summed E-state index contributed by atoms with van der Waals surface area (Å²) in [5.41, 5.74) is 1.56. The molecule has 1 aromatic carbocycles. The van der Waals surface area contributed by atoms with Crippen molar-refractivity contribution in [3.63, 3.8) is 0 Å². The minimum Gasteiger partial charge on any atom is -0.337 e. The van der Waals surface area contributed by atoms with Crippen molar-refractivity contribution in [3.05, 3.63) is 24.0 Å². The smallest absolute Gasteiger partial charge is 0.204 e. The molecule has 1 aromatic heterocycles. The number of imidazole rings is 1. The first-order valence-corrected chi connectivity index (χ1v) is 6.29. The molecule has 2 N–H and O–H groups in total. The van der Waals surface area contributed by atoms with Gasteiger partial charge in [0.15, 0.2) is 0 Å². The molecule has 4 nitrogen and oxygen atoms in total. The van der Waals surface area contributed by atoms with E-state index in [2.05, 4.69) is 34.0 Å². The molecule has 96 valence electrons. The Hall–Kier alpha value is -1.62. The third kappa shape index (κ3) is 1.95. The number of hydrogen-bond acceptors (Lipinski definition) is 3. The maximum Gasteiger partial charge on any atom is 0.204 e. The molecule has 0 spiro atoms. The molecular formula is C13H17FN4. The average Bonchev–Trinajstić information content (AvgIpc) is 2.74. The monoisotopic (exact) mass is 248 g/mol. The van der Waals surface area contributed by atoms with Crippen molar-refractivity contribution >= 4 is 17.0 Å². The molecular weight excluding hydrogens is 231 g/mol. The van der Waals surface area contributed by atoms with Crippen molar-refractivity contribution in [2.45, 2.75) is 25.9 Å². The Morgan fingerprint density at radius 1 is 1.39 bits per heavy atom. The zero-order valence-electron chi connectivity index (χ0n) is 10.6. The van der Waals surface area contributed by atoms with E-state index in [1.54, 1.807) is 6.07 Å². The van der Waals surface area contributed by atoms with Crippen LogP contribution in [0.15, 0.2) is 18.2 Å². The summed E-state index contributed by atoms with van der Waals surface area (Å²) in [6, 6.07) is 5.46. The second kappa shape index (κ2) is 4.24. The molecule has 0 aliphatic carbocycles. The molecule has 2 atom stereocenters. The van der Waals surface area contributed by atoms with Gasteiger partial charge in [-0.05, 0) is 32.0 Å². The van der Waals surface area contributed by atoms with E-state index in [1.165, 1.54) is 12.1 Å². The molecule has 5 heteroatoms. The van der Waals surface area contributed by atoms with Gasteiger partial charge in [-0.15, -0.1) is 0 Å². The molecule has 1 saturated heterocycles. The van der Waals surface area contributed by atoms with Crippen LogP contribution in [0, 0.1) is 5.82 Å². The van der Waals surface area contributed by atoms with Crippen molar-refractivity contribution in [1.29, 1.82) is 0 Å². The van der Waals surface area contributed by atoms with E-state index in [0.29, 0.717) is 12.1 Å². The second-order valence-electron chi connectivity index (χ2n) is 5.03. The number of H-pyrrole nitrogens is 1. The minimum absolute atomic E-state index is 0.237. The number of rotatable bonds is 1. The van der Waals surface area contributed by atoms with Crippen LogP contribution in [0.25, 0.3) is 11.0 Å². The van der Waals surface area contributed by atoms with E-state index in [-0.39, 0.29) is 5.82 Å². The van der Waals surface area contributed by atoms with Gasteiger partial charge in [-0.25, -0.2) is 9.37 Å². The Morgan fingerprint density at radius 3 is 3.06 bits per heavy atom. The van der Waals surface area contributed by atoms with E-state index in [9.17, 15) is 4.39 Å². The number of hydrogen-bond donors (Lipinski definition) is 2. The number of benzene rings is 1. The maximum atomic E-state index is 13.2. The van der Waals surface area contributed by atoms with Crippen LogP contribution in [-0.2, 0) is 0 Å². The summed E-state index contributed by atoms with van der Waals surface area (Å²) in [5.74, 6) is 0.593. The predicted molar refractivity (Wildman–Crippen MR) is 70.3 cm³/mol. The van der Waals surface area contributed by atoms with Gasteiger partial charge < -0.3 is 15.2 Å². The molecule has 3 rings (SSSR count). The Morgan fingerprint density at radius 2 is 2.22 bits per heavy atom. The summed E-state index contributed by atoms with van der Waals surface area (Å²) in [7, 11) is 0. The van der Waals surface area contributed by atoms with Crippen molar-refractivity contribution in [1.82, 2.24) is 15.3 Å². The first-order valence-electron chi connectivity index (χ1n) is 6.29. The Kier molecular flexibility index (Phi) is 2.70. The summed E-state index contributed by atoms with van der Waals surface area (Å²) in [6.45, 7) is 6.16. The third-order valence-corrected chi connectivity index (χ3v) is 3.47. The molecule has 1 fully saturated rings. The van der Waals surface area contributed by atoms with Gasteiger partial charge in [0.25, 0.3) is 0 Å². The summed E-state index contributed by atoms with van der Waals surface area (Å²) >= 11 is 0. The molecule has 0 saturated carbocycles. The van der Waals surface area contributed by atoms with Crippen LogP contribution in [0.5, 0.6) is 0 Å². The Bertz CT molecular complexity index is 565. The van der Waals surface area contributed by atoms with Crippen molar-refractivity contribution in [3.8, 4) is 0 Å². The zero-order valence-corrected chi connectivity index (χ0v) is 10.6. The molecule has 18 heavy (non-hydrogen) atoms. The first kappa shape index (κ1) is 11.5. The van der Waals surface area contributed by atoms with E-state index in [4.69, 9.17) is 0 Å². The standard InChI is InChI=1S/C13H17FN4/c1-8-7-18(9(2)6-15-8)13-16-11-4-3-10(14)5-12(11)17-13/h3-5,8-9,15H,6-7H2,1-2H3,(H,16,17). The highest BCUT2D eigenvalue weighted by atomic mass is 19.1. The molecule has 1 aliphatic rings. The van der Waals surface area contributed by atoms with E-state index < -0.39 is 0 Å². The second-order valence-corrected chi connectivity index (χ2v) is 5.03. The summed E-state index contributed by atoms with van der Waals surface area (Å²) < 4.78 is 13.2. The van der Waals surface area contributed by atoms with E-state index >= 15 is 0 Å². The number of piperazine rings is 1. The molecule has 0 amide bonds. The molecule has 0 bridgehead atoms. The fraction of sp³-hybridized carbons (Fsp3) is 0.462. The van der Waals surface area contributed by atoms with Gasteiger partial charge in [-0.3, -0.25) is 0 Å². The van der Waals surface area contributed by atoms with Crippen LogP contribution >= 0.6 is 0 Å². The number of anilines is 1. The first-order chi connectivity index (χ1) is 8.63. The minimum atomic E-state index is -0.237. The van der Waals surface area contributed by atoms with Gasteiger partial charge in [0.2, 0.25) is 5.95 Å². The predicted octanol–water partition coefficient (Wildman–Crippen LogP) is 1.89. The van der Waals surface area contributed by atoms with Gasteiger partial charge in [0.05, 0.1) is 11.0 Å². The van der Waals surface area contributed by atoms with Gasteiger partial charge in [-0.2, -0.15) is 0 Å². The number of nitrogens with one attached hydrogen (secondary N) is 2. The van der Waals surface area contributed by atoms with Crippen molar-refractivity contribution in [2.75, 3.05) is 18.0 Å². The lowest BCUT2D eigenvalue weighted by Crippen LogP contribution is -2.54. The number of halogens is 1. The maximum absolute atomic E-state index is 13.2. The molecule has 2 heterocycles. The highest BCUT2D eigenvalue weighted by molar-refractivity contribution is 5.77. The van der Waals surface area contributed by atoms with Crippen LogP contribution in [-0.4, -0.2) is 35.1 Å². The Balaban J connectivity index is 1.97. The van der Waals surface area contributed by atoms with Crippen LogP contribution in [0.1, 0.15) is 13.8 Å². The van der Waals surface area contributed by atoms with E-state index in [0.717, 1.165) is 30.1 Å². The van der Waals surface area contributed by atoms with Gasteiger partial charge in [0.1, 0.15) is 5.82 Å².